The number of urea groups is 1. The minimum atomic E-state index is -1.18. The number of nitrogens with zero attached hydrogens (tertiary/aromatic N) is 5. The Balaban J connectivity index is 1.32. The van der Waals surface area contributed by atoms with Gasteiger partial charge in [-0.2, -0.15) is 14.6 Å². The Labute approximate surface area is 273 Å². The van der Waals surface area contributed by atoms with Crippen LogP contribution in [0.15, 0.2) is 48.7 Å². The summed E-state index contributed by atoms with van der Waals surface area (Å²) >= 11 is 0. The molecule has 2 atom stereocenters. The molecule has 1 fully saturated rings. The van der Waals surface area contributed by atoms with Gasteiger partial charge in [0.2, 0.25) is 11.9 Å². The summed E-state index contributed by atoms with van der Waals surface area (Å²) in [5.41, 5.74) is 3.64. The zero-order chi connectivity index (χ0) is 33.7. The Morgan fingerprint density at radius 3 is 2.60 bits per heavy atom. The van der Waals surface area contributed by atoms with Crippen LogP contribution in [0.2, 0.25) is 0 Å². The van der Waals surface area contributed by atoms with E-state index in [9.17, 15) is 18.4 Å². The van der Waals surface area contributed by atoms with Gasteiger partial charge in [-0.25, -0.2) is 18.9 Å². The number of hydrogen-bond donors (Lipinski definition) is 2. The second kappa shape index (κ2) is 14.7. The molecule has 0 bridgehead atoms. The highest BCUT2D eigenvalue weighted by molar-refractivity contribution is 5.90. The predicted octanol–water partition coefficient (Wildman–Crippen LogP) is 5.28. The Morgan fingerprint density at radius 2 is 1.94 bits per heavy atom. The van der Waals surface area contributed by atoms with Crippen molar-refractivity contribution in [1.29, 1.82) is 0 Å². The molecule has 3 aromatic rings. The van der Waals surface area contributed by atoms with E-state index in [0.717, 1.165) is 28.6 Å². The van der Waals surface area contributed by atoms with Crippen molar-refractivity contribution >= 4 is 23.3 Å². The van der Waals surface area contributed by atoms with Gasteiger partial charge in [0.25, 0.3) is 0 Å². The molecule has 11 nitrogen and oxygen atoms in total. The molecule has 252 valence electrons. The van der Waals surface area contributed by atoms with E-state index in [0.29, 0.717) is 57.0 Å². The van der Waals surface area contributed by atoms with E-state index in [-0.39, 0.29) is 23.8 Å². The van der Waals surface area contributed by atoms with Gasteiger partial charge in [0.1, 0.15) is 11.9 Å². The standard InChI is InChI=1S/C34H43F2N7O4/c1-22-29(23-11-13-41(14-12-23)28(44)18-34(2,3)4)40-43(26-9-7-6-8-10-26)32(22)39-33(45)38-20-25-21-42(15-16-46-5)47-30(25)24-17-27(35)31(36)37-19-24/h6-11,17,19,25,30H,12-16,18,20-21H2,1-5H3,(H2,38,39,45)/t25-,30+/m1/s1. The monoisotopic (exact) mass is 651 g/mol. The lowest BCUT2D eigenvalue weighted by Gasteiger charge is -2.29. The summed E-state index contributed by atoms with van der Waals surface area (Å²) in [5.74, 6) is -1.88. The molecule has 2 N–H and O–H groups in total. The zero-order valence-corrected chi connectivity index (χ0v) is 27.6. The second-order valence-corrected chi connectivity index (χ2v) is 13.2. The molecule has 0 spiro atoms. The van der Waals surface area contributed by atoms with Gasteiger partial charge in [-0.3, -0.25) is 14.9 Å². The summed E-state index contributed by atoms with van der Waals surface area (Å²) in [4.78, 5) is 37.6. The fourth-order valence-electron chi connectivity index (χ4n) is 5.84. The number of pyridine rings is 1. The molecule has 0 radical (unpaired) electrons. The topological polar surface area (TPSA) is 114 Å². The molecule has 0 saturated carbocycles. The quantitative estimate of drug-likeness (QED) is 0.287. The zero-order valence-electron chi connectivity index (χ0n) is 27.6. The van der Waals surface area contributed by atoms with Gasteiger partial charge >= 0.3 is 6.03 Å². The van der Waals surface area contributed by atoms with E-state index >= 15 is 0 Å². The van der Waals surface area contributed by atoms with Crippen LogP contribution < -0.4 is 10.6 Å². The summed E-state index contributed by atoms with van der Waals surface area (Å²) in [7, 11) is 1.58. The summed E-state index contributed by atoms with van der Waals surface area (Å²) in [6.45, 7) is 10.7. The van der Waals surface area contributed by atoms with Crippen LogP contribution in [0, 0.1) is 30.0 Å². The van der Waals surface area contributed by atoms with Crippen LogP contribution >= 0.6 is 0 Å². The predicted molar refractivity (Wildman–Crippen MR) is 173 cm³/mol. The van der Waals surface area contributed by atoms with Gasteiger partial charge in [0.05, 0.1) is 18.0 Å². The highest BCUT2D eigenvalue weighted by Crippen LogP contribution is 2.35. The van der Waals surface area contributed by atoms with Crippen molar-refractivity contribution in [3.63, 3.8) is 0 Å². The van der Waals surface area contributed by atoms with Gasteiger partial charge in [0.15, 0.2) is 5.82 Å². The Kier molecular flexibility index (Phi) is 10.7. The molecule has 0 unspecified atom stereocenters. The summed E-state index contributed by atoms with van der Waals surface area (Å²) in [6.07, 6.45) is 3.78. The average Bonchev–Trinajstić information content (AvgIpc) is 3.60. The summed E-state index contributed by atoms with van der Waals surface area (Å²) < 4.78 is 34.5. The molecule has 2 aromatic heterocycles. The van der Waals surface area contributed by atoms with E-state index in [1.807, 2.05) is 48.2 Å². The number of anilines is 1. The van der Waals surface area contributed by atoms with Gasteiger partial charge in [0, 0.05) is 69.5 Å². The lowest BCUT2D eigenvalue weighted by atomic mass is 9.91. The Hall–Kier alpha value is -4.20. The number of methoxy groups -OCH3 is 1. The van der Waals surface area contributed by atoms with Crippen molar-refractivity contribution in [2.45, 2.75) is 46.6 Å². The number of carbonyl (C=O) groups is 2. The lowest BCUT2D eigenvalue weighted by molar-refractivity contribution is -0.155. The number of aromatic nitrogens is 3. The first-order valence-electron chi connectivity index (χ1n) is 15.8. The molecule has 5 rings (SSSR count). The first-order chi connectivity index (χ1) is 22.4. The van der Waals surface area contributed by atoms with E-state index in [2.05, 4.69) is 36.4 Å². The number of rotatable bonds is 10. The number of hydroxylamine groups is 2. The van der Waals surface area contributed by atoms with Crippen molar-refractivity contribution in [1.82, 2.24) is 30.0 Å². The average molecular weight is 652 g/mol. The van der Waals surface area contributed by atoms with Crippen molar-refractivity contribution in [2.24, 2.45) is 11.3 Å². The first-order valence-corrected chi connectivity index (χ1v) is 15.8. The lowest BCUT2D eigenvalue weighted by Crippen LogP contribution is -2.36. The minimum absolute atomic E-state index is 0.0849. The maximum absolute atomic E-state index is 14.0. The van der Waals surface area contributed by atoms with E-state index in [4.69, 9.17) is 14.7 Å². The highest BCUT2D eigenvalue weighted by Gasteiger charge is 2.36. The number of amides is 3. The van der Waals surface area contributed by atoms with Crippen molar-refractivity contribution < 1.29 is 27.9 Å². The minimum Gasteiger partial charge on any atom is -0.383 e. The highest BCUT2D eigenvalue weighted by atomic mass is 19.2. The molecule has 13 heteroatoms. The molecular weight excluding hydrogens is 608 g/mol. The van der Waals surface area contributed by atoms with Crippen LogP contribution in [-0.2, 0) is 14.4 Å². The van der Waals surface area contributed by atoms with Gasteiger partial charge < -0.3 is 15.0 Å². The Morgan fingerprint density at radius 1 is 1.17 bits per heavy atom. The maximum Gasteiger partial charge on any atom is 0.320 e. The molecular formula is C34H43F2N7O4. The number of benzene rings is 1. The van der Waals surface area contributed by atoms with E-state index in [1.165, 1.54) is 6.20 Å². The fraction of sp³-hybridized carbons (Fsp3) is 0.471. The molecule has 3 amide bonds. The van der Waals surface area contributed by atoms with Crippen molar-refractivity contribution in [3.8, 4) is 5.69 Å². The summed E-state index contributed by atoms with van der Waals surface area (Å²) in [5, 5.41) is 12.5. The number of nitrogens with one attached hydrogen (secondary N) is 2. The number of hydrogen-bond acceptors (Lipinski definition) is 7. The molecule has 1 aromatic carbocycles. The molecule has 1 saturated heterocycles. The van der Waals surface area contributed by atoms with Gasteiger partial charge in [-0.05, 0) is 42.5 Å². The third-order valence-electron chi connectivity index (χ3n) is 8.25. The van der Waals surface area contributed by atoms with Crippen LogP contribution in [0.1, 0.15) is 56.5 Å². The number of halogens is 2. The number of para-hydroxylation sites is 1. The van der Waals surface area contributed by atoms with E-state index in [1.54, 1.807) is 16.9 Å². The van der Waals surface area contributed by atoms with Crippen LogP contribution in [0.3, 0.4) is 0 Å². The van der Waals surface area contributed by atoms with E-state index < -0.39 is 23.9 Å². The Bertz CT molecular complexity index is 1610. The van der Waals surface area contributed by atoms with Crippen LogP contribution in [0.25, 0.3) is 11.3 Å². The SMILES string of the molecule is COCCN1C[C@@H](CNC(=O)Nc2c(C)c(C3=CCN(C(=O)CC(C)(C)C)CC3)nn2-c2ccccc2)[C@H](c2cnc(F)c(F)c2)O1. The van der Waals surface area contributed by atoms with Crippen LogP contribution in [0.4, 0.5) is 19.4 Å². The van der Waals surface area contributed by atoms with Gasteiger partial charge in [-0.15, -0.1) is 0 Å². The van der Waals surface area contributed by atoms with Crippen molar-refractivity contribution in [2.75, 3.05) is 51.8 Å². The smallest absolute Gasteiger partial charge is 0.320 e. The molecule has 2 aliphatic rings. The second-order valence-electron chi connectivity index (χ2n) is 13.2. The normalized spacial score (nSPS) is 18.7. The third-order valence-corrected chi connectivity index (χ3v) is 8.25. The molecule has 2 aliphatic heterocycles. The van der Waals surface area contributed by atoms with Crippen LogP contribution in [-0.4, -0.2) is 83.1 Å². The van der Waals surface area contributed by atoms with Crippen LogP contribution in [0.5, 0.6) is 0 Å². The molecule has 0 aliphatic carbocycles. The van der Waals surface area contributed by atoms with Gasteiger partial charge in [-0.1, -0.05) is 45.0 Å². The fourth-order valence-corrected chi connectivity index (χ4v) is 5.84. The number of ether oxygens (including phenoxy) is 1. The van der Waals surface area contributed by atoms with Crippen molar-refractivity contribution in [3.05, 3.63) is 77.3 Å². The largest absolute Gasteiger partial charge is 0.383 e. The molecule has 47 heavy (non-hydrogen) atoms. The third kappa shape index (κ3) is 8.40. The maximum atomic E-state index is 14.0. The number of carbonyl (C=O) groups excluding carboxylic acids is 2. The molecule has 4 heterocycles. The first kappa shape index (κ1) is 34.1. The summed E-state index contributed by atoms with van der Waals surface area (Å²) in [6, 6.07) is 10.1.